The first-order valence-corrected chi connectivity index (χ1v) is 9.86. The SMILES string of the molecule is CN1C2CCCC1CC(NC(=O)c1cccc3c1CCCCC3)C2. The fourth-order valence-corrected chi connectivity index (χ4v) is 5.17. The molecule has 0 aromatic heterocycles. The Morgan fingerprint density at radius 2 is 1.79 bits per heavy atom. The van der Waals surface area contributed by atoms with E-state index in [9.17, 15) is 4.79 Å². The highest BCUT2D eigenvalue weighted by Crippen LogP contribution is 2.33. The quantitative estimate of drug-likeness (QED) is 0.841. The number of carbonyl (C=O) groups is 1. The average molecular weight is 326 g/mol. The molecule has 1 aromatic carbocycles. The number of carbonyl (C=O) groups excluding carboxylic acids is 1. The van der Waals surface area contributed by atoms with Crippen LogP contribution in [0.3, 0.4) is 0 Å². The van der Waals surface area contributed by atoms with Crippen molar-refractivity contribution in [2.24, 2.45) is 0 Å². The molecule has 0 radical (unpaired) electrons. The standard InChI is InChI=1S/C21H30N2O/c1-23-17-9-6-10-18(23)14-16(13-17)22-21(24)20-12-5-8-15-7-3-2-4-11-19(15)20/h5,8,12,16-18H,2-4,6-7,9-11,13-14H2,1H3,(H,22,24). The van der Waals surface area contributed by atoms with E-state index in [2.05, 4.69) is 29.4 Å². The zero-order valence-corrected chi connectivity index (χ0v) is 14.9. The number of aryl methyl sites for hydroxylation is 1. The van der Waals surface area contributed by atoms with Gasteiger partial charge in [0.25, 0.3) is 5.91 Å². The molecule has 3 aliphatic rings. The van der Waals surface area contributed by atoms with Gasteiger partial charge in [-0.05, 0) is 75.6 Å². The third kappa shape index (κ3) is 3.11. The lowest BCUT2D eigenvalue weighted by Gasteiger charge is -2.47. The second-order valence-corrected chi connectivity index (χ2v) is 8.05. The Balaban J connectivity index is 1.49. The number of amides is 1. The lowest BCUT2D eigenvalue weighted by atomic mass is 9.82. The van der Waals surface area contributed by atoms with E-state index in [1.807, 2.05) is 6.07 Å². The number of hydrogen-bond donors (Lipinski definition) is 1. The largest absolute Gasteiger partial charge is 0.349 e. The van der Waals surface area contributed by atoms with Gasteiger partial charge >= 0.3 is 0 Å². The smallest absolute Gasteiger partial charge is 0.251 e. The molecular weight excluding hydrogens is 296 g/mol. The van der Waals surface area contributed by atoms with Crippen LogP contribution in [0.15, 0.2) is 18.2 Å². The molecule has 2 atom stereocenters. The molecule has 1 aliphatic carbocycles. The van der Waals surface area contributed by atoms with E-state index in [1.165, 1.54) is 49.7 Å². The molecule has 2 fully saturated rings. The van der Waals surface area contributed by atoms with Gasteiger partial charge in [0.05, 0.1) is 0 Å². The second-order valence-electron chi connectivity index (χ2n) is 8.05. The van der Waals surface area contributed by atoms with Crippen LogP contribution >= 0.6 is 0 Å². The zero-order valence-electron chi connectivity index (χ0n) is 14.9. The summed E-state index contributed by atoms with van der Waals surface area (Å²) in [5.74, 6) is 0.168. The van der Waals surface area contributed by atoms with Gasteiger partial charge in [0, 0.05) is 23.7 Å². The summed E-state index contributed by atoms with van der Waals surface area (Å²) in [5.41, 5.74) is 3.67. The van der Waals surface area contributed by atoms with Gasteiger partial charge in [-0.15, -0.1) is 0 Å². The van der Waals surface area contributed by atoms with Crippen LogP contribution in [0.25, 0.3) is 0 Å². The second kappa shape index (κ2) is 6.87. The van der Waals surface area contributed by atoms with Gasteiger partial charge in [-0.25, -0.2) is 0 Å². The van der Waals surface area contributed by atoms with Gasteiger partial charge in [-0.1, -0.05) is 25.0 Å². The van der Waals surface area contributed by atoms with E-state index in [-0.39, 0.29) is 5.91 Å². The van der Waals surface area contributed by atoms with Crippen LogP contribution in [0.5, 0.6) is 0 Å². The molecule has 2 aliphatic heterocycles. The summed E-state index contributed by atoms with van der Waals surface area (Å²) in [6.45, 7) is 0. The van der Waals surface area contributed by atoms with Crippen LogP contribution in [0, 0.1) is 0 Å². The van der Waals surface area contributed by atoms with Crippen molar-refractivity contribution >= 4 is 5.91 Å². The van der Waals surface area contributed by atoms with Crippen LogP contribution in [0.4, 0.5) is 0 Å². The molecule has 2 heterocycles. The molecule has 0 saturated carbocycles. The van der Waals surface area contributed by atoms with Crippen molar-refractivity contribution in [3.63, 3.8) is 0 Å². The van der Waals surface area contributed by atoms with Crippen molar-refractivity contribution in [1.29, 1.82) is 0 Å². The Bertz CT molecular complexity index is 598. The number of piperidine rings is 2. The monoisotopic (exact) mass is 326 g/mol. The van der Waals surface area contributed by atoms with Crippen LogP contribution in [0.2, 0.25) is 0 Å². The minimum Gasteiger partial charge on any atom is -0.349 e. The van der Waals surface area contributed by atoms with E-state index in [4.69, 9.17) is 0 Å². The summed E-state index contributed by atoms with van der Waals surface area (Å²) in [7, 11) is 2.27. The third-order valence-electron chi connectivity index (χ3n) is 6.57. The molecular formula is C21H30N2O. The fourth-order valence-electron chi connectivity index (χ4n) is 5.17. The minimum absolute atomic E-state index is 0.168. The van der Waals surface area contributed by atoms with Gasteiger partial charge < -0.3 is 10.2 Å². The van der Waals surface area contributed by atoms with E-state index in [0.29, 0.717) is 18.1 Å². The van der Waals surface area contributed by atoms with E-state index < -0.39 is 0 Å². The van der Waals surface area contributed by atoms with Gasteiger partial charge in [0.1, 0.15) is 0 Å². The maximum atomic E-state index is 13.0. The first-order valence-electron chi connectivity index (χ1n) is 9.86. The van der Waals surface area contributed by atoms with Crippen molar-refractivity contribution in [3.05, 3.63) is 34.9 Å². The lowest BCUT2D eigenvalue weighted by molar-refractivity contribution is 0.0463. The summed E-state index contributed by atoms with van der Waals surface area (Å²) in [6.07, 6.45) is 12.1. The molecule has 2 bridgehead atoms. The minimum atomic E-state index is 0.168. The van der Waals surface area contributed by atoms with Gasteiger partial charge in [0.2, 0.25) is 0 Å². The molecule has 24 heavy (non-hydrogen) atoms. The average Bonchev–Trinajstić information content (AvgIpc) is 2.81. The van der Waals surface area contributed by atoms with Crippen molar-refractivity contribution in [3.8, 4) is 0 Å². The van der Waals surface area contributed by atoms with Crippen molar-refractivity contribution in [2.75, 3.05) is 7.05 Å². The summed E-state index contributed by atoms with van der Waals surface area (Å²) in [5, 5.41) is 3.39. The number of nitrogens with zero attached hydrogens (tertiary/aromatic N) is 1. The number of nitrogens with one attached hydrogen (secondary N) is 1. The maximum Gasteiger partial charge on any atom is 0.251 e. The molecule has 4 rings (SSSR count). The fraction of sp³-hybridized carbons (Fsp3) is 0.667. The van der Waals surface area contributed by atoms with E-state index >= 15 is 0 Å². The van der Waals surface area contributed by atoms with Gasteiger partial charge in [0.15, 0.2) is 0 Å². The van der Waals surface area contributed by atoms with Crippen molar-refractivity contribution < 1.29 is 4.79 Å². The number of rotatable bonds is 2. The van der Waals surface area contributed by atoms with E-state index in [0.717, 1.165) is 31.2 Å². The molecule has 1 aromatic rings. The van der Waals surface area contributed by atoms with Crippen molar-refractivity contribution in [2.45, 2.75) is 82.3 Å². The maximum absolute atomic E-state index is 13.0. The van der Waals surface area contributed by atoms with Gasteiger partial charge in [-0.3, -0.25) is 4.79 Å². The number of hydrogen-bond acceptors (Lipinski definition) is 2. The van der Waals surface area contributed by atoms with Crippen LogP contribution in [-0.4, -0.2) is 36.0 Å². The highest BCUT2D eigenvalue weighted by atomic mass is 16.1. The first kappa shape index (κ1) is 16.1. The molecule has 2 unspecified atom stereocenters. The lowest BCUT2D eigenvalue weighted by Crippen LogP contribution is -2.55. The number of fused-ring (bicyclic) bond motifs is 3. The summed E-state index contributed by atoms with van der Waals surface area (Å²) in [4.78, 5) is 15.5. The first-order chi connectivity index (χ1) is 11.7. The molecule has 3 heteroatoms. The molecule has 2 saturated heterocycles. The Morgan fingerprint density at radius 3 is 2.58 bits per heavy atom. The predicted molar refractivity (Wildman–Crippen MR) is 97.4 cm³/mol. The molecule has 1 amide bonds. The third-order valence-corrected chi connectivity index (χ3v) is 6.57. The highest BCUT2D eigenvalue weighted by molar-refractivity contribution is 5.96. The normalized spacial score (nSPS) is 30.3. The zero-order chi connectivity index (χ0) is 16.5. The Labute approximate surface area is 145 Å². The molecule has 130 valence electrons. The predicted octanol–water partition coefficient (Wildman–Crippen LogP) is 3.70. The van der Waals surface area contributed by atoms with E-state index in [1.54, 1.807) is 0 Å². The molecule has 1 N–H and O–H groups in total. The molecule has 3 nitrogen and oxygen atoms in total. The molecule has 0 spiro atoms. The van der Waals surface area contributed by atoms with Crippen molar-refractivity contribution in [1.82, 2.24) is 10.2 Å². The van der Waals surface area contributed by atoms with Gasteiger partial charge in [-0.2, -0.15) is 0 Å². The number of benzene rings is 1. The van der Waals surface area contributed by atoms with Crippen LogP contribution in [0.1, 0.15) is 72.9 Å². The Kier molecular flexibility index (Phi) is 4.62. The van der Waals surface area contributed by atoms with Crippen LogP contribution in [-0.2, 0) is 12.8 Å². The Morgan fingerprint density at radius 1 is 1.04 bits per heavy atom. The topological polar surface area (TPSA) is 32.3 Å². The Hall–Kier alpha value is -1.35. The summed E-state index contributed by atoms with van der Waals surface area (Å²) in [6, 6.07) is 8.01. The summed E-state index contributed by atoms with van der Waals surface area (Å²) >= 11 is 0. The summed E-state index contributed by atoms with van der Waals surface area (Å²) < 4.78 is 0. The van der Waals surface area contributed by atoms with Crippen LogP contribution < -0.4 is 5.32 Å². The highest BCUT2D eigenvalue weighted by Gasteiger charge is 2.36.